The molecule has 0 bridgehead atoms. The number of pyridine rings is 1. The minimum atomic E-state index is -0.408. The molecule has 0 amide bonds. The monoisotopic (exact) mass is 359 g/mol. The van der Waals surface area contributed by atoms with Crippen LogP contribution < -0.4 is 0 Å². The standard InChI is InChI=1S/C19H15Cl2NO2/c1-3-24-19(23)17-11(2)22-16-10-12(20)8-9-14(16)18(17)13-6-4-5-7-15(13)21/h4-10H,3H2,1-2H3. The molecule has 0 aliphatic heterocycles. The fraction of sp³-hybridized carbons (Fsp3) is 0.158. The summed E-state index contributed by atoms with van der Waals surface area (Å²) in [5, 5.41) is 1.95. The van der Waals surface area contributed by atoms with Gasteiger partial charge < -0.3 is 4.74 Å². The molecule has 0 saturated carbocycles. The second kappa shape index (κ2) is 6.80. The molecule has 0 unspecified atom stereocenters. The number of aromatic nitrogens is 1. The number of fused-ring (bicyclic) bond motifs is 1. The van der Waals surface area contributed by atoms with E-state index in [-0.39, 0.29) is 0 Å². The van der Waals surface area contributed by atoms with Crippen LogP contribution in [0, 0.1) is 6.92 Å². The number of carbonyl (C=O) groups is 1. The maximum atomic E-state index is 12.6. The second-order valence-electron chi connectivity index (χ2n) is 5.31. The van der Waals surface area contributed by atoms with Crippen molar-refractivity contribution in [2.45, 2.75) is 13.8 Å². The van der Waals surface area contributed by atoms with Gasteiger partial charge in [-0.05, 0) is 32.0 Å². The summed E-state index contributed by atoms with van der Waals surface area (Å²) in [6.45, 7) is 3.85. The fourth-order valence-electron chi connectivity index (χ4n) is 2.76. The highest BCUT2D eigenvalue weighted by Crippen LogP contribution is 2.37. The van der Waals surface area contributed by atoms with Gasteiger partial charge in [-0.3, -0.25) is 4.98 Å². The zero-order chi connectivity index (χ0) is 17.3. The van der Waals surface area contributed by atoms with Crippen molar-refractivity contribution in [2.75, 3.05) is 6.61 Å². The lowest BCUT2D eigenvalue weighted by molar-refractivity contribution is 0.0526. The van der Waals surface area contributed by atoms with Crippen molar-refractivity contribution in [3.05, 3.63) is 63.8 Å². The smallest absolute Gasteiger partial charge is 0.340 e. The van der Waals surface area contributed by atoms with E-state index in [4.69, 9.17) is 27.9 Å². The summed E-state index contributed by atoms with van der Waals surface area (Å²) in [5.74, 6) is -0.408. The molecule has 0 atom stereocenters. The van der Waals surface area contributed by atoms with Gasteiger partial charge in [-0.25, -0.2) is 4.79 Å². The molecular formula is C19H15Cl2NO2. The van der Waals surface area contributed by atoms with Crippen LogP contribution in [0.25, 0.3) is 22.0 Å². The number of esters is 1. The Morgan fingerprint density at radius 2 is 1.92 bits per heavy atom. The lowest BCUT2D eigenvalue weighted by Gasteiger charge is -2.16. The van der Waals surface area contributed by atoms with Crippen LogP contribution in [-0.2, 0) is 4.74 Å². The maximum absolute atomic E-state index is 12.6. The minimum absolute atomic E-state index is 0.291. The van der Waals surface area contributed by atoms with Crippen molar-refractivity contribution in [1.82, 2.24) is 4.98 Å². The number of halogens is 2. The largest absolute Gasteiger partial charge is 0.462 e. The van der Waals surface area contributed by atoms with Crippen LogP contribution >= 0.6 is 23.2 Å². The SMILES string of the molecule is CCOC(=O)c1c(C)nc2cc(Cl)ccc2c1-c1ccccc1Cl. The Morgan fingerprint density at radius 3 is 2.62 bits per heavy atom. The van der Waals surface area contributed by atoms with E-state index >= 15 is 0 Å². The van der Waals surface area contributed by atoms with Crippen molar-refractivity contribution < 1.29 is 9.53 Å². The van der Waals surface area contributed by atoms with Crippen molar-refractivity contribution >= 4 is 40.1 Å². The molecule has 0 fully saturated rings. The van der Waals surface area contributed by atoms with Gasteiger partial charge in [-0.15, -0.1) is 0 Å². The molecule has 1 aromatic heterocycles. The van der Waals surface area contributed by atoms with Crippen LogP contribution in [0.5, 0.6) is 0 Å². The molecular weight excluding hydrogens is 345 g/mol. The number of ether oxygens (including phenoxy) is 1. The van der Waals surface area contributed by atoms with Crippen LogP contribution in [-0.4, -0.2) is 17.6 Å². The van der Waals surface area contributed by atoms with E-state index in [2.05, 4.69) is 4.98 Å². The number of aryl methyl sites for hydroxylation is 1. The van der Waals surface area contributed by atoms with Crippen molar-refractivity contribution in [1.29, 1.82) is 0 Å². The van der Waals surface area contributed by atoms with Crippen molar-refractivity contribution in [3.8, 4) is 11.1 Å². The van der Waals surface area contributed by atoms with Crippen LogP contribution in [0.1, 0.15) is 23.0 Å². The Bertz CT molecular complexity index is 938. The van der Waals surface area contributed by atoms with E-state index in [1.54, 1.807) is 32.0 Å². The Balaban J connectivity index is 2.43. The minimum Gasteiger partial charge on any atom is -0.462 e. The van der Waals surface area contributed by atoms with Crippen molar-refractivity contribution in [3.63, 3.8) is 0 Å². The second-order valence-corrected chi connectivity index (χ2v) is 6.15. The summed E-state index contributed by atoms with van der Waals surface area (Å²) in [7, 11) is 0. The summed E-state index contributed by atoms with van der Waals surface area (Å²) in [6.07, 6.45) is 0. The Morgan fingerprint density at radius 1 is 1.17 bits per heavy atom. The van der Waals surface area contributed by atoms with E-state index in [0.29, 0.717) is 33.4 Å². The van der Waals surface area contributed by atoms with E-state index in [0.717, 1.165) is 16.5 Å². The van der Waals surface area contributed by atoms with Gasteiger partial charge in [0.25, 0.3) is 0 Å². The molecule has 0 N–H and O–H groups in total. The first-order valence-corrected chi connectivity index (χ1v) is 8.30. The summed E-state index contributed by atoms with van der Waals surface area (Å²) >= 11 is 12.5. The molecule has 0 aliphatic rings. The molecule has 3 rings (SSSR count). The molecule has 1 heterocycles. The van der Waals surface area contributed by atoms with Crippen LogP contribution in [0.4, 0.5) is 0 Å². The van der Waals surface area contributed by atoms with E-state index in [1.807, 2.05) is 24.3 Å². The molecule has 5 heteroatoms. The molecule has 0 saturated heterocycles. The third kappa shape index (κ3) is 2.97. The number of benzene rings is 2. The molecule has 0 spiro atoms. The maximum Gasteiger partial charge on any atom is 0.340 e. The zero-order valence-electron chi connectivity index (χ0n) is 13.3. The van der Waals surface area contributed by atoms with Gasteiger partial charge in [-0.2, -0.15) is 0 Å². The van der Waals surface area contributed by atoms with E-state index in [1.165, 1.54) is 0 Å². The predicted molar refractivity (Wildman–Crippen MR) is 97.9 cm³/mol. The molecule has 122 valence electrons. The molecule has 3 nitrogen and oxygen atoms in total. The first-order chi connectivity index (χ1) is 11.5. The van der Waals surface area contributed by atoms with Crippen molar-refractivity contribution in [2.24, 2.45) is 0 Å². The van der Waals surface area contributed by atoms with Gasteiger partial charge in [0, 0.05) is 26.6 Å². The highest BCUT2D eigenvalue weighted by molar-refractivity contribution is 6.34. The third-order valence-corrected chi connectivity index (χ3v) is 4.32. The summed E-state index contributed by atoms with van der Waals surface area (Å²) < 4.78 is 5.24. The lowest BCUT2D eigenvalue weighted by Crippen LogP contribution is -2.10. The normalized spacial score (nSPS) is 10.8. The third-order valence-electron chi connectivity index (χ3n) is 3.75. The van der Waals surface area contributed by atoms with E-state index < -0.39 is 5.97 Å². The predicted octanol–water partition coefficient (Wildman–Crippen LogP) is 5.69. The van der Waals surface area contributed by atoms with Crippen LogP contribution in [0.15, 0.2) is 42.5 Å². The summed E-state index contributed by atoms with van der Waals surface area (Å²) in [4.78, 5) is 17.1. The van der Waals surface area contributed by atoms with Gasteiger partial charge in [0.05, 0.1) is 23.4 Å². The summed E-state index contributed by atoms with van der Waals surface area (Å²) in [5.41, 5.74) is 3.21. The lowest BCUT2D eigenvalue weighted by atomic mass is 9.94. The van der Waals surface area contributed by atoms with Gasteiger partial charge in [0.2, 0.25) is 0 Å². The van der Waals surface area contributed by atoms with E-state index in [9.17, 15) is 4.79 Å². The highest BCUT2D eigenvalue weighted by atomic mass is 35.5. The summed E-state index contributed by atoms with van der Waals surface area (Å²) in [6, 6.07) is 12.8. The van der Waals surface area contributed by atoms with Gasteiger partial charge in [0.1, 0.15) is 0 Å². The average Bonchev–Trinajstić information content (AvgIpc) is 2.54. The van der Waals surface area contributed by atoms with Crippen LogP contribution in [0.2, 0.25) is 10.0 Å². The number of hydrogen-bond acceptors (Lipinski definition) is 3. The number of hydrogen-bond donors (Lipinski definition) is 0. The van der Waals surface area contributed by atoms with Gasteiger partial charge in [0.15, 0.2) is 0 Å². The van der Waals surface area contributed by atoms with Crippen LogP contribution in [0.3, 0.4) is 0 Å². The number of rotatable bonds is 3. The topological polar surface area (TPSA) is 39.2 Å². The first kappa shape index (κ1) is 16.7. The highest BCUT2D eigenvalue weighted by Gasteiger charge is 2.22. The Kier molecular flexibility index (Phi) is 4.74. The number of nitrogens with zero attached hydrogens (tertiary/aromatic N) is 1. The Labute approximate surface area is 150 Å². The first-order valence-electron chi connectivity index (χ1n) is 7.54. The zero-order valence-corrected chi connectivity index (χ0v) is 14.8. The molecule has 3 aromatic rings. The Hall–Kier alpha value is -2.10. The number of carbonyl (C=O) groups excluding carboxylic acids is 1. The average molecular weight is 360 g/mol. The molecule has 0 aliphatic carbocycles. The van der Waals surface area contributed by atoms with Gasteiger partial charge in [-0.1, -0.05) is 47.5 Å². The van der Waals surface area contributed by atoms with Gasteiger partial charge >= 0.3 is 5.97 Å². The fourth-order valence-corrected chi connectivity index (χ4v) is 3.15. The molecule has 2 aromatic carbocycles. The quantitative estimate of drug-likeness (QED) is 0.563. The molecule has 0 radical (unpaired) electrons. The molecule has 24 heavy (non-hydrogen) atoms.